The Morgan fingerprint density at radius 2 is 1.94 bits per heavy atom. The zero-order valence-electron chi connectivity index (χ0n) is 9.97. The van der Waals surface area contributed by atoms with Gasteiger partial charge in [-0.3, -0.25) is 4.79 Å². The molecule has 0 aliphatic rings. The molecule has 0 aliphatic carbocycles. The number of nitrogens with one attached hydrogen (secondary N) is 1. The first kappa shape index (κ1) is 12.7. The summed E-state index contributed by atoms with van der Waals surface area (Å²) >= 11 is 6.12. The van der Waals surface area contributed by atoms with Crippen LogP contribution in [0.25, 0.3) is 0 Å². The topological polar surface area (TPSA) is 42.2 Å². The van der Waals surface area contributed by atoms with E-state index < -0.39 is 5.38 Å². The predicted molar refractivity (Wildman–Crippen MR) is 70.3 cm³/mol. The fourth-order valence-electron chi connectivity index (χ4n) is 1.67. The molecule has 18 heavy (non-hydrogen) atoms. The maximum absolute atomic E-state index is 12.0. The molecule has 0 bridgehead atoms. The number of furan rings is 1. The third-order valence-corrected chi connectivity index (χ3v) is 3.10. The Hall–Kier alpha value is -1.74. The van der Waals surface area contributed by atoms with Gasteiger partial charge in [0.15, 0.2) is 0 Å². The second kappa shape index (κ2) is 5.74. The number of hydrogen-bond donors (Lipinski definition) is 1. The molecular weight excluding hydrogens is 250 g/mol. The monoisotopic (exact) mass is 263 g/mol. The van der Waals surface area contributed by atoms with Crippen LogP contribution < -0.4 is 5.32 Å². The quantitative estimate of drug-likeness (QED) is 0.859. The molecule has 94 valence electrons. The van der Waals surface area contributed by atoms with E-state index in [0.717, 1.165) is 5.56 Å². The molecule has 1 unspecified atom stereocenters. The second-order valence-electron chi connectivity index (χ2n) is 4.02. The van der Waals surface area contributed by atoms with Crippen molar-refractivity contribution in [1.82, 2.24) is 5.32 Å². The van der Waals surface area contributed by atoms with E-state index in [1.165, 1.54) is 0 Å². The Bertz CT molecular complexity index is 496. The molecule has 1 aromatic heterocycles. The summed E-state index contributed by atoms with van der Waals surface area (Å²) in [6.07, 6.45) is 1.58. The van der Waals surface area contributed by atoms with Crippen molar-refractivity contribution < 1.29 is 9.21 Å². The molecule has 0 saturated carbocycles. The first-order valence-corrected chi connectivity index (χ1v) is 6.15. The van der Waals surface area contributed by atoms with Crippen LogP contribution in [0.1, 0.15) is 29.7 Å². The zero-order valence-corrected chi connectivity index (χ0v) is 10.7. The average molecular weight is 264 g/mol. The van der Waals surface area contributed by atoms with E-state index in [1.54, 1.807) is 12.3 Å². The van der Waals surface area contributed by atoms with Gasteiger partial charge in [0.2, 0.25) is 5.91 Å². The molecule has 2 aromatic rings. The number of carbonyl (C=O) groups is 1. The predicted octanol–water partition coefficient (Wildman–Crippen LogP) is 3.44. The number of amides is 1. The van der Waals surface area contributed by atoms with Crippen molar-refractivity contribution in [3.05, 3.63) is 60.1 Å². The Balaban J connectivity index is 2.00. The van der Waals surface area contributed by atoms with Gasteiger partial charge in [-0.1, -0.05) is 30.3 Å². The third kappa shape index (κ3) is 2.93. The summed E-state index contributed by atoms with van der Waals surface area (Å²) in [5.41, 5.74) is 0.781. The maximum Gasteiger partial charge on any atom is 0.243 e. The van der Waals surface area contributed by atoms with Crippen molar-refractivity contribution in [2.45, 2.75) is 18.3 Å². The van der Waals surface area contributed by atoms with E-state index in [9.17, 15) is 4.79 Å². The number of halogens is 1. The van der Waals surface area contributed by atoms with Crippen molar-refractivity contribution in [2.75, 3.05) is 0 Å². The molecule has 0 fully saturated rings. The van der Waals surface area contributed by atoms with Gasteiger partial charge in [0, 0.05) is 0 Å². The minimum Gasteiger partial charge on any atom is -0.467 e. The summed E-state index contributed by atoms with van der Waals surface area (Å²) in [6, 6.07) is 12.7. The number of alkyl halides is 1. The van der Waals surface area contributed by atoms with Crippen LogP contribution >= 0.6 is 11.6 Å². The van der Waals surface area contributed by atoms with Crippen LogP contribution in [0, 0.1) is 0 Å². The Kier molecular flexibility index (Phi) is 4.05. The Labute approximate surface area is 111 Å². The van der Waals surface area contributed by atoms with Crippen LogP contribution in [0.5, 0.6) is 0 Å². The van der Waals surface area contributed by atoms with E-state index in [0.29, 0.717) is 5.76 Å². The van der Waals surface area contributed by atoms with Crippen LogP contribution in [0.4, 0.5) is 0 Å². The van der Waals surface area contributed by atoms with Crippen LogP contribution in [0.2, 0.25) is 0 Å². The van der Waals surface area contributed by atoms with Gasteiger partial charge in [0.25, 0.3) is 0 Å². The summed E-state index contributed by atoms with van der Waals surface area (Å²) in [6.45, 7) is 1.85. The molecule has 0 saturated heterocycles. The SMILES string of the molecule is C[C@H](NC(=O)C(Cl)c1ccccc1)c1ccco1. The molecule has 1 N–H and O–H groups in total. The van der Waals surface area contributed by atoms with Crippen LogP contribution in [-0.4, -0.2) is 5.91 Å². The minimum absolute atomic E-state index is 0.197. The van der Waals surface area contributed by atoms with Crippen molar-refractivity contribution in [1.29, 1.82) is 0 Å². The summed E-state index contributed by atoms with van der Waals surface area (Å²) in [5.74, 6) is 0.479. The summed E-state index contributed by atoms with van der Waals surface area (Å²) in [7, 11) is 0. The molecule has 1 heterocycles. The van der Waals surface area contributed by atoms with E-state index in [-0.39, 0.29) is 11.9 Å². The van der Waals surface area contributed by atoms with Crippen molar-refractivity contribution in [3.8, 4) is 0 Å². The highest BCUT2D eigenvalue weighted by molar-refractivity contribution is 6.30. The number of benzene rings is 1. The molecule has 3 nitrogen and oxygen atoms in total. The zero-order chi connectivity index (χ0) is 13.0. The molecule has 2 rings (SSSR count). The first-order valence-electron chi connectivity index (χ1n) is 5.71. The van der Waals surface area contributed by atoms with Crippen molar-refractivity contribution in [2.24, 2.45) is 0 Å². The van der Waals surface area contributed by atoms with Crippen LogP contribution in [0.15, 0.2) is 53.1 Å². The van der Waals surface area contributed by atoms with E-state index in [1.807, 2.05) is 43.3 Å². The number of rotatable bonds is 4. The third-order valence-electron chi connectivity index (χ3n) is 2.65. The molecular formula is C14H14ClNO2. The summed E-state index contributed by atoms with van der Waals surface area (Å²) in [5, 5.41) is 2.12. The van der Waals surface area contributed by atoms with Gasteiger partial charge < -0.3 is 9.73 Å². The lowest BCUT2D eigenvalue weighted by molar-refractivity contribution is -0.121. The smallest absolute Gasteiger partial charge is 0.243 e. The Morgan fingerprint density at radius 3 is 2.56 bits per heavy atom. The highest BCUT2D eigenvalue weighted by Crippen LogP contribution is 2.22. The lowest BCUT2D eigenvalue weighted by Crippen LogP contribution is -2.29. The van der Waals surface area contributed by atoms with Gasteiger partial charge in [-0.15, -0.1) is 11.6 Å². The number of hydrogen-bond acceptors (Lipinski definition) is 2. The average Bonchev–Trinajstić information content (AvgIpc) is 2.92. The van der Waals surface area contributed by atoms with E-state index in [2.05, 4.69) is 5.32 Å². The van der Waals surface area contributed by atoms with E-state index >= 15 is 0 Å². The fraction of sp³-hybridized carbons (Fsp3) is 0.214. The fourth-order valence-corrected chi connectivity index (χ4v) is 1.88. The lowest BCUT2D eigenvalue weighted by Gasteiger charge is -2.15. The summed E-state index contributed by atoms with van der Waals surface area (Å²) in [4.78, 5) is 12.0. The largest absolute Gasteiger partial charge is 0.467 e. The first-order chi connectivity index (χ1) is 8.68. The normalized spacial score (nSPS) is 13.9. The van der Waals surface area contributed by atoms with Crippen LogP contribution in [0.3, 0.4) is 0 Å². The minimum atomic E-state index is -0.691. The second-order valence-corrected chi connectivity index (χ2v) is 4.46. The molecule has 2 atom stereocenters. The molecule has 1 amide bonds. The maximum atomic E-state index is 12.0. The van der Waals surface area contributed by atoms with Crippen molar-refractivity contribution in [3.63, 3.8) is 0 Å². The Morgan fingerprint density at radius 1 is 1.22 bits per heavy atom. The number of carbonyl (C=O) groups excluding carboxylic acids is 1. The molecule has 4 heteroatoms. The van der Waals surface area contributed by atoms with Crippen LogP contribution in [-0.2, 0) is 4.79 Å². The standard InChI is InChI=1S/C14H14ClNO2/c1-10(12-8-5-9-18-12)16-14(17)13(15)11-6-3-2-4-7-11/h2-10,13H,1H3,(H,16,17)/t10-,13?/m0/s1. The van der Waals surface area contributed by atoms with Gasteiger partial charge in [-0.25, -0.2) is 0 Å². The highest BCUT2D eigenvalue weighted by atomic mass is 35.5. The molecule has 0 aliphatic heterocycles. The van der Waals surface area contributed by atoms with Gasteiger partial charge >= 0.3 is 0 Å². The van der Waals surface area contributed by atoms with Gasteiger partial charge in [-0.2, -0.15) is 0 Å². The summed E-state index contributed by atoms with van der Waals surface area (Å²) < 4.78 is 5.22. The van der Waals surface area contributed by atoms with Gasteiger partial charge in [0.05, 0.1) is 12.3 Å². The van der Waals surface area contributed by atoms with Gasteiger partial charge in [0.1, 0.15) is 11.1 Å². The lowest BCUT2D eigenvalue weighted by atomic mass is 10.1. The van der Waals surface area contributed by atoms with Crippen molar-refractivity contribution >= 4 is 17.5 Å². The molecule has 1 aromatic carbocycles. The molecule has 0 radical (unpaired) electrons. The van der Waals surface area contributed by atoms with Gasteiger partial charge in [-0.05, 0) is 24.6 Å². The molecule has 0 spiro atoms. The highest BCUT2D eigenvalue weighted by Gasteiger charge is 2.20. The van der Waals surface area contributed by atoms with E-state index in [4.69, 9.17) is 16.0 Å².